The monoisotopic (exact) mass is 888 g/mol. The van der Waals surface area contributed by atoms with Gasteiger partial charge in [0.25, 0.3) is 0 Å². The first kappa shape index (κ1) is 37.6. The Bertz CT molecular complexity index is 4050. The fraction of sp³-hybridized carbons (Fsp3) is 0.0345. The molecule has 0 spiro atoms. The van der Waals surface area contributed by atoms with Crippen molar-refractivity contribution in [2.45, 2.75) is 12.3 Å². The van der Waals surface area contributed by atoms with E-state index >= 15 is 0 Å². The zero-order valence-corrected chi connectivity index (χ0v) is 36.7. The molecule has 1 unspecified atom stereocenters. The van der Waals surface area contributed by atoms with Gasteiger partial charge in [-0.2, -0.15) is 0 Å². The molecule has 0 radical (unpaired) electrons. The summed E-state index contributed by atoms with van der Waals surface area (Å²) in [7, 11) is 0. The van der Waals surface area contributed by atoms with Crippen LogP contribution in [0.25, 0.3) is 113 Å². The summed E-state index contributed by atoms with van der Waals surface area (Å²) in [6, 6.07) is 59.5. The number of aromatic nitrogens is 4. The highest BCUT2D eigenvalue weighted by atomic mass is 32.1. The zero-order valence-electron chi connectivity index (χ0n) is 35.0. The van der Waals surface area contributed by atoms with E-state index in [1.54, 1.807) is 34.8 Å². The molecule has 1 aliphatic carbocycles. The van der Waals surface area contributed by atoms with Gasteiger partial charge in [-0.15, -0.1) is 22.7 Å². The average Bonchev–Trinajstić information content (AvgIpc) is 4.10. The molecule has 0 fully saturated rings. The van der Waals surface area contributed by atoms with Crippen molar-refractivity contribution in [1.82, 2.24) is 19.1 Å². The quantitative estimate of drug-likeness (QED) is 0.173. The Labute approximate surface area is 384 Å². The summed E-state index contributed by atoms with van der Waals surface area (Å²) < 4.78 is 38.2. The summed E-state index contributed by atoms with van der Waals surface area (Å²) in [6.45, 7) is 0. The van der Waals surface area contributed by atoms with E-state index in [1.807, 2.05) is 12.1 Å². The molecule has 0 bridgehead atoms. The molecule has 66 heavy (non-hydrogen) atoms. The van der Waals surface area contributed by atoms with Crippen molar-refractivity contribution in [2.24, 2.45) is 0 Å². The van der Waals surface area contributed by atoms with Crippen molar-refractivity contribution in [3.05, 3.63) is 210 Å². The highest BCUT2D eigenvalue weighted by Crippen LogP contribution is 2.43. The van der Waals surface area contributed by atoms with Crippen LogP contribution in [-0.4, -0.2) is 19.1 Å². The fourth-order valence-corrected chi connectivity index (χ4v) is 12.5. The Morgan fingerprint density at radius 1 is 0.455 bits per heavy atom. The van der Waals surface area contributed by atoms with Crippen LogP contribution in [0.15, 0.2) is 182 Å². The number of halogens is 2. The van der Waals surface area contributed by atoms with E-state index < -0.39 is 0 Å². The first-order valence-electron chi connectivity index (χ1n) is 22.0. The van der Waals surface area contributed by atoms with Gasteiger partial charge in [0.1, 0.15) is 11.6 Å². The van der Waals surface area contributed by atoms with Gasteiger partial charge in [0.15, 0.2) is 0 Å². The highest BCUT2D eigenvalue weighted by Gasteiger charge is 2.27. The van der Waals surface area contributed by atoms with E-state index in [0.29, 0.717) is 5.95 Å². The minimum Gasteiger partial charge on any atom is -0.309 e. The van der Waals surface area contributed by atoms with Crippen molar-refractivity contribution in [1.29, 1.82) is 0 Å². The van der Waals surface area contributed by atoms with Gasteiger partial charge in [0, 0.05) is 90.5 Å². The van der Waals surface area contributed by atoms with Crippen LogP contribution in [0.3, 0.4) is 0 Å². The SMILES string of the molecule is Fc1ccc2sc3ccc(-c4cc(-c5ccc6sc7ccc(F)cc7c6c5)nc(-n5c6c(c7ccccc75)C=CC(c5ccc7c(c5)c5ccccc5n7-c5ccccc5)C6)n4)cc3c2c1. The molecule has 5 heterocycles. The molecular weight excluding hydrogens is 855 g/mol. The summed E-state index contributed by atoms with van der Waals surface area (Å²) in [5.74, 6) is 0.144. The molecule has 5 aromatic heterocycles. The van der Waals surface area contributed by atoms with Crippen molar-refractivity contribution in [3.8, 4) is 34.2 Å². The van der Waals surface area contributed by atoms with E-state index in [9.17, 15) is 8.78 Å². The van der Waals surface area contributed by atoms with Gasteiger partial charge in [-0.05, 0) is 115 Å². The molecule has 1 atom stereocenters. The molecule has 4 nitrogen and oxygen atoms in total. The van der Waals surface area contributed by atoms with Crippen LogP contribution in [0, 0.1) is 11.6 Å². The summed E-state index contributed by atoms with van der Waals surface area (Å²) >= 11 is 3.32. The molecule has 0 amide bonds. The number of hydrogen-bond acceptors (Lipinski definition) is 4. The second-order valence-electron chi connectivity index (χ2n) is 17.2. The van der Waals surface area contributed by atoms with Gasteiger partial charge in [-0.1, -0.05) is 84.9 Å². The lowest BCUT2D eigenvalue weighted by molar-refractivity contribution is 0.629. The minimum absolute atomic E-state index is 0.0933. The number of para-hydroxylation sites is 3. The predicted molar refractivity (Wildman–Crippen MR) is 272 cm³/mol. The maximum Gasteiger partial charge on any atom is 0.235 e. The van der Waals surface area contributed by atoms with Crippen LogP contribution in [0.5, 0.6) is 0 Å². The number of rotatable bonds is 5. The van der Waals surface area contributed by atoms with Gasteiger partial charge >= 0.3 is 0 Å². The molecule has 312 valence electrons. The Balaban J connectivity index is 0.957. The Morgan fingerprint density at radius 2 is 1.00 bits per heavy atom. The number of allylic oxidation sites excluding steroid dienone is 1. The van der Waals surface area contributed by atoms with E-state index in [-0.39, 0.29) is 17.6 Å². The second-order valence-corrected chi connectivity index (χ2v) is 19.4. The molecule has 0 saturated heterocycles. The molecular formula is C58H34F2N4S2. The second kappa shape index (κ2) is 14.4. The van der Waals surface area contributed by atoms with Crippen LogP contribution in [0.2, 0.25) is 0 Å². The molecule has 1 aliphatic rings. The van der Waals surface area contributed by atoms with Crippen molar-refractivity contribution in [3.63, 3.8) is 0 Å². The average molecular weight is 889 g/mol. The Kier molecular flexibility index (Phi) is 8.18. The molecule has 14 rings (SSSR count). The lowest BCUT2D eigenvalue weighted by Crippen LogP contribution is -2.12. The van der Waals surface area contributed by atoms with Crippen molar-refractivity contribution >= 4 is 102 Å². The summed E-state index contributed by atoms with van der Waals surface area (Å²) in [5, 5.41) is 7.34. The van der Waals surface area contributed by atoms with Gasteiger partial charge in [0.05, 0.1) is 27.9 Å². The van der Waals surface area contributed by atoms with Gasteiger partial charge in [-0.25, -0.2) is 18.7 Å². The molecule has 8 heteroatoms. The van der Waals surface area contributed by atoms with Crippen LogP contribution in [-0.2, 0) is 6.42 Å². The topological polar surface area (TPSA) is 35.6 Å². The third-order valence-electron chi connectivity index (χ3n) is 13.4. The largest absolute Gasteiger partial charge is 0.309 e. The van der Waals surface area contributed by atoms with Crippen molar-refractivity contribution in [2.75, 3.05) is 0 Å². The number of thiophene rings is 2. The lowest BCUT2D eigenvalue weighted by atomic mass is 9.87. The minimum atomic E-state index is -0.258. The van der Waals surface area contributed by atoms with Crippen LogP contribution in [0.4, 0.5) is 8.78 Å². The first-order chi connectivity index (χ1) is 32.5. The highest BCUT2D eigenvalue weighted by molar-refractivity contribution is 7.26. The number of nitrogens with zero attached hydrogens (tertiary/aromatic N) is 4. The van der Waals surface area contributed by atoms with Crippen molar-refractivity contribution < 1.29 is 8.78 Å². The molecule has 0 saturated carbocycles. The smallest absolute Gasteiger partial charge is 0.235 e. The third-order valence-corrected chi connectivity index (χ3v) is 15.7. The summed E-state index contributed by atoms with van der Waals surface area (Å²) in [4.78, 5) is 10.9. The Morgan fingerprint density at radius 3 is 1.65 bits per heavy atom. The Hall–Kier alpha value is -7.78. The number of hydrogen-bond donors (Lipinski definition) is 0. The molecule has 0 N–H and O–H groups in total. The number of benzene rings is 8. The van der Waals surface area contributed by atoms with Crippen LogP contribution in [0.1, 0.15) is 22.7 Å². The predicted octanol–water partition coefficient (Wildman–Crippen LogP) is 16.2. The fourth-order valence-electron chi connectivity index (χ4n) is 10.4. The zero-order chi connectivity index (χ0) is 43.6. The van der Waals surface area contributed by atoms with E-state index in [2.05, 4.69) is 161 Å². The molecule has 13 aromatic rings. The van der Waals surface area contributed by atoms with Gasteiger partial charge in [-0.3, -0.25) is 4.57 Å². The molecule has 0 aliphatic heterocycles. The number of fused-ring (bicyclic) bond motifs is 12. The first-order valence-corrected chi connectivity index (χ1v) is 23.7. The van der Waals surface area contributed by atoms with E-state index in [0.717, 1.165) is 91.6 Å². The van der Waals surface area contributed by atoms with Gasteiger partial charge in [0.2, 0.25) is 5.95 Å². The van der Waals surface area contributed by atoms with E-state index in [4.69, 9.17) is 9.97 Å². The maximum atomic E-state index is 14.7. The molecule has 8 aromatic carbocycles. The summed E-state index contributed by atoms with van der Waals surface area (Å²) in [5.41, 5.74) is 11.4. The maximum absolute atomic E-state index is 14.7. The lowest BCUT2D eigenvalue weighted by Gasteiger charge is -2.21. The standard InChI is InChI=1S/C58H34F2N4S2/c59-37-18-24-56-46(30-37)44-27-35(16-22-54(44)65-56)48-32-49(36-17-23-55-45(28-36)47-31-38(60)19-25-57(47)66-55)62-58(61-48)64-51-13-7-4-10-40(51)42-20-14-34(29-53(42)64)33-15-21-52-43(26-33)41-11-5-6-12-50(41)63(52)39-8-2-1-3-9-39/h1-28,30-32,34H,29H2. The van der Waals surface area contributed by atoms with Gasteiger partial charge < -0.3 is 4.57 Å². The normalized spacial score (nSPS) is 13.9. The van der Waals surface area contributed by atoms with Crippen LogP contribution < -0.4 is 0 Å². The van der Waals surface area contributed by atoms with Crippen LogP contribution >= 0.6 is 22.7 Å². The van der Waals surface area contributed by atoms with E-state index in [1.165, 1.54) is 45.1 Å². The summed E-state index contributed by atoms with van der Waals surface area (Å²) in [6.07, 6.45) is 5.38. The third kappa shape index (κ3) is 5.78.